The Morgan fingerprint density at radius 2 is 2.00 bits per heavy atom. The van der Waals surface area contributed by atoms with Gasteiger partial charge in [0.1, 0.15) is 0 Å². The molecule has 0 bridgehead atoms. The second kappa shape index (κ2) is 3.17. The summed E-state index contributed by atoms with van der Waals surface area (Å²) in [5, 5.41) is 0. The van der Waals surface area contributed by atoms with Gasteiger partial charge in [0.15, 0.2) is 0 Å². The van der Waals surface area contributed by atoms with E-state index >= 15 is 0 Å². The highest BCUT2D eigenvalue weighted by atomic mass is 32.1. The molecule has 0 aliphatic carbocycles. The number of nitrogens with zero attached hydrogens (tertiary/aromatic N) is 2. The van der Waals surface area contributed by atoms with Crippen LogP contribution in [0.15, 0.2) is 9.04 Å². The Labute approximate surface area is 35.4 Å². The molecule has 4 heavy (non-hydrogen) atoms. The molecule has 4 heteroatoms. The van der Waals surface area contributed by atoms with Gasteiger partial charge in [-0.2, -0.15) is 0 Å². The van der Waals surface area contributed by atoms with E-state index in [1.54, 1.807) is 0 Å². The van der Waals surface area contributed by atoms with Gasteiger partial charge in [-0.3, -0.25) is 0 Å². The monoisotopic (exact) mass is 93.0 g/mol. The molecule has 0 spiro atoms. The molecule has 0 aliphatic heterocycles. The van der Waals surface area contributed by atoms with Gasteiger partial charge in [-0.25, -0.2) is 0 Å². The van der Waals surface area contributed by atoms with Crippen molar-refractivity contribution in [2.45, 2.75) is 0 Å². The van der Waals surface area contributed by atoms with Crippen LogP contribution in [0.1, 0.15) is 0 Å². The molecule has 0 heterocycles. The van der Waals surface area contributed by atoms with E-state index in [1.165, 1.54) is 0 Å². The normalized spacial score (nSPS) is 9.25. The van der Waals surface area contributed by atoms with Gasteiger partial charge >= 0.3 is 0 Å². The maximum atomic E-state index is 3.94. The first-order valence-electron chi connectivity index (χ1n) is 0.583. The Balaban J connectivity index is 2.55. The maximum absolute atomic E-state index is 3.94. The Kier molecular flexibility index (Phi) is 3.30. The van der Waals surface area contributed by atoms with Crippen molar-refractivity contribution in [2.75, 3.05) is 0 Å². The summed E-state index contributed by atoms with van der Waals surface area (Å²) in [6, 6.07) is 0. The summed E-state index contributed by atoms with van der Waals surface area (Å²) in [7, 11) is 0. The van der Waals surface area contributed by atoms with Crippen LogP contribution in [-0.4, -0.2) is 0 Å². The Bertz CT molecular complexity index is 19.2. The standard InChI is InChI=1S/HN2S2/c3-1-2-4/h(H,1,4). The largest absolute Gasteiger partial charge is 0.107 e. The second-order valence-corrected chi connectivity index (χ2v) is 0.513. The molecule has 23 valence electrons. The fourth-order valence-electron chi connectivity index (χ4n) is 0. The van der Waals surface area contributed by atoms with Crippen molar-refractivity contribution in [3.05, 3.63) is 0 Å². The predicted molar refractivity (Wildman–Crippen MR) is 21.4 cm³/mol. The summed E-state index contributed by atoms with van der Waals surface area (Å²) in [5.74, 6) is 0. The topological polar surface area (TPSA) is 24.7 Å². The smallest absolute Gasteiger partial charge is 0.0659 e. The lowest BCUT2D eigenvalue weighted by Crippen LogP contribution is -1.10. The van der Waals surface area contributed by atoms with Gasteiger partial charge in [-0.05, 0) is 12.8 Å². The van der Waals surface area contributed by atoms with Crippen LogP contribution in [0.25, 0.3) is 0 Å². The number of rotatable bonds is 0. The molecular formula is HN2S2. The quantitative estimate of drug-likeness (QED) is 0.346. The number of hydrogen-bond acceptors (Lipinski definition) is 2. The molecule has 0 rings (SSSR count). The van der Waals surface area contributed by atoms with Crippen molar-refractivity contribution in [1.29, 1.82) is 0 Å². The van der Waals surface area contributed by atoms with Crippen molar-refractivity contribution in [2.24, 2.45) is 9.04 Å². The predicted octanol–water partition coefficient (Wildman–Crippen LogP) is 1.40. The lowest BCUT2D eigenvalue weighted by molar-refractivity contribution is 1.56. The van der Waals surface area contributed by atoms with E-state index < -0.39 is 0 Å². The van der Waals surface area contributed by atoms with Gasteiger partial charge in [-0.1, -0.05) is 4.52 Å². The van der Waals surface area contributed by atoms with Gasteiger partial charge < -0.3 is 0 Å². The first-order chi connectivity index (χ1) is 1.91. The van der Waals surface area contributed by atoms with Gasteiger partial charge in [0.25, 0.3) is 0 Å². The highest BCUT2D eigenvalue weighted by Crippen LogP contribution is 1.78. The molecule has 2 nitrogen and oxygen atoms in total. The van der Waals surface area contributed by atoms with E-state index in [0.717, 1.165) is 0 Å². The van der Waals surface area contributed by atoms with Crippen LogP contribution in [0.2, 0.25) is 0 Å². The highest BCUT2D eigenvalue weighted by Gasteiger charge is 1.37. The van der Waals surface area contributed by atoms with E-state index in [2.05, 4.69) is 34.7 Å². The molecule has 0 saturated carbocycles. The van der Waals surface area contributed by atoms with E-state index in [-0.39, 0.29) is 0 Å². The zero-order valence-electron chi connectivity index (χ0n) is 1.75. The zero-order valence-corrected chi connectivity index (χ0v) is 3.46. The third kappa shape index (κ3) is 2.17. The first kappa shape index (κ1) is 4.17. The molecule has 0 unspecified atom stereocenters. The molecule has 0 fully saturated rings. The van der Waals surface area contributed by atoms with Crippen molar-refractivity contribution in [1.82, 2.24) is 0 Å². The van der Waals surface area contributed by atoms with Gasteiger partial charge in [0.2, 0.25) is 0 Å². The molecule has 0 amide bonds. The third-order valence-electron chi connectivity index (χ3n) is 0.0365. The Hall–Kier alpha value is 0.170. The van der Waals surface area contributed by atoms with Crippen molar-refractivity contribution >= 4 is 25.6 Å². The molecule has 0 aromatic heterocycles. The molecule has 1 radical (unpaired) electrons. The SMILES string of the molecule is [S]N=NS. The van der Waals surface area contributed by atoms with Crippen LogP contribution in [0.5, 0.6) is 0 Å². The van der Waals surface area contributed by atoms with Crippen molar-refractivity contribution in [3.63, 3.8) is 0 Å². The minimum Gasteiger partial charge on any atom is -0.107 e. The Morgan fingerprint density at radius 1 is 1.75 bits per heavy atom. The van der Waals surface area contributed by atoms with E-state index in [4.69, 9.17) is 0 Å². The minimum atomic E-state index is 2.81. The summed E-state index contributed by atoms with van der Waals surface area (Å²) < 4.78 is 5.68. The molecule has 0 aromatic carbocycles. The fraction of sp³-hybridized carbons (Fsp3) is 0. The number of hydrogen-bond donors (Lipinski definition) is 1. The van der Waals surface area contributed by atoms with Crippen LogP contribution >= 0.6 is 25.6 Å². The minimum absolute atomic E-state index is 2.81. The van der Waals surface area contributed by atoms with Gasteiger partial charge in [0, 0.05) is 0 Å². The van der Waals surface area contributed by atoms with Gasteiger partial charge in [0.05, 0.1) is 12.8 Å². The maximum Gasteiger partial charge on any atom is 0.0659 e. The summed E-state index contributed by atoms with van der Waals surface area (Å²) in [4.78, 5) is 0. The van der Waals surface area contributed by atoms with E-state index in [0.29, 0.717) is 0 Å². The van der Waals surface area contributed by atoms with Crippen LogP contribution in [-0.2, 0) is 0 Å². The van der Waals surface area contributed by atoms with E-state index in [9.17, 15) is 0 Å². The summed E-state index contributed by atoms with van der Waals surface area (Å²) in [6.07, 6.45) is 0. The second-order valence-electron chi connectivity index (χ2n) is 0.171. The summed E-state index contributed by atoms with van der Waals surface area (Å²) in [5.41, 5.74) is 0. The molecule has 0 atom stereocenters. The molecule has 0 saturated heterocycles. The molecular weight excluding hydrogens is 92.1 g/mol. The molecule has 0 aromatic rings. The van der Waals surface area contributed by atoms with E-state index in [1.807, 2.05) is 0 Å². The zero-order chi connectivity index (χ0) is 3.41. The third-order valence-corrected chi connectivity index (χ3v) is 0.329. The van der Waals surface area contributed by atoms with Crippen LogP contribution < -0.4 is 0 Å². The molecule has 0 aliphatic rings. The van der Waals surface area contributed by atoms with Crippen molar-refractivity contribution < 1.29 is 0 Å². The van der Waals surface area contributed by atoms with Crippen LogP contribution in [0.4, 0.5) is 0 Å². The van der Waals surface area contributed by atoms with Crippen LogP contribution in [0, 0.1) is 0 Å². The number of thiol groups is 1. The summed E-state index contributed by atoms with van der Waals surface area (Å²) >= 11 is 7.21. The summed E-state index contributed by atoms with van der Waals surface area (Å²) in [6.45, 7) is 0. The highest BCUT2D eigenvalue weighted by molar-refractivity contribution is 7.81. The first-order valence-corrected chi connectivity index (χ1v) is 1.35. The Morgan fingerprint density at radius 3 is 2.00 bits per heavy atom. The van der Waals surface area contributed by atoms with Crippen LogP contribution in [0.3, 0.4) is 0 Å². The fourth-order valence-corrected chi connectivity index (χ4v) is 0. The molecule has 0 N–H and O–H groups in total. The lowest BCUT2D eigenvalue weighted by atomic mass is 13.2. The lowest BCUT2D eigenvalue weighted by Gasteiger charge is -1.47. The van der Waals surface area contributed by atoms with Gasteiger partial charge in [-0.15, -0.1) is 4.52 Å². The average molecular weight is 93.2 g/mol. The van der Waals surface area contributed by atoms with Crippen molar-refractivity contribution in [3.8, 4) is 0 Å². The average Bonchev–Trinajstić information content (AvgIpc) is 1.37.